The van der Waals surface area contributed by atoms with Crippen molar-refractivity contribution in [2.24, 2.45) is 0 Å². The molecule has 1 heterocycles. The smallest absolute Gasteiger partial charge is 0.207 e. The van der Waals surface area contributed by atoms with Gasteiger partial charge in [0.25, 0.3) is 0 Å². The van der Waals surface area contributed by atoms with Gasteiger partial charge in [-0.05, 0) is 37.5 Å². The first-order valence-electron chi connectivity index (χ1n) is 8.22. The molecule has 23 heavy (non-hydrogen) atoms. The van der Waals surface area contributed by atoms with Crippen molar-refractivity contribution >= 4 is 10.0 Å². The fourth-order valence-electron chi connectivity index (χ4n) is 3.31. The first-order chi connectivity index (χ1) is 11.1. The zero-order valence-corrected chi connectivity index (χ0v) is 14.3. The van der Waals surface area contributed by atoms with Crippen LogP contribution in [0.1, 0.15) is 42.9 Å². The molecule has 2 aromatic rings. The molecule has 0 radical (unpaired) electrons. The summed E-state index contributed by atoms with van der Waals surface area (Å²) in [7, 11) is -3.46. The zero-order chi connectivity index (χ0) is 16.3. The van der Waals surface area contributed by atoms with E-state index in [9.17, 15) is 8.42 Å². The standard InChI is InChI=1S/C19H23NO2S/c1-16-9-8-10-17(15-16)19-13-6-3-7-14-20(19)23(21,22)18-11-4-2-5-12-18/h2,4-5,8-12,15,19H,3,6-7,13-14H2,1H3/t19-/m1/s1. The number of hydrogen-bond acceptors (Lipinski definition) is 2. The van der Waals surface area contributed by atoms with Crippen LogP contribution in [0.25, 0.3) is 0 Å². The number of nitrogens with zero attached hydrogens (tertiary/aromatic N) is 1. The number of hydrogen-bond donors (Lipinski definition) is 0. The van der Waals surface area contributed by atoms with Crippen LogP contribution in [0, 0.1) is 6.92 Å². The van der Waals surface area contributed by atoms with Crippen molar-refractivity contribution in [3.05, 3.63) is 65.7 Å². The highest BCUT2D eigenvalue weighted by Gasteiger charge is 2.33. The van der Waals surface area contributed by atoms with E-state index in [1.165, 1.54) is 5.56 Å². The van der Waals surface area contributed by atoms with Gasteiger partial charge in [-0.2, -0.15) is 4.31 Å². The molecule has 0 unspecified atom stereocenters. The first-order valence-corrected chi connectivity index (χ1v) is 9.66. The maximum atomic E-state index is 13.1. The van der Waals surface area contributed by atoms with Gasteiger partial charge in [0.1, 0.15) is 0 Å². The van der Waals surface area contributed by atoms with E-state index in [0.29, 0.717) is 11.4 Å². The zero-order valence-electron chi connectivity index (χ0n) is 13.5. The van der Waals surface area contributed by atoms with Crippen LogP contribution in [-0.2, 0) is 10.0 Å². The minimum Gasteiger partial charge on any atom is -0.207 e. The molecule has 3 rings (SSSR count). The molecule has 1 aliphatic heterocycles. The third kappa shape index (κ3) is 3.48. The molecule has 1 fully saturated rings. The van der Waals surface area contributed by atoms with E-state index >= 15 is 0 Å². The van der Waals surface area contributed by atoms with Crippen molar-refractivity contribution in [3.8, 4) is 0 Å². The molecule has 0 bridgehead atoms. The van der Waals surface area contributed by atoms with Crippen LogP contribution in [0.5, 0.6) is 0 Å². The van der Waals surface area contributed by atoms with Crippen LogP contribution >= 0.6 is 0 Å². The van der Waals surface area contributed by atoms with E-state index < -0.39 is 10.0 Å². The lowest BCUT2D eigenvalue weighted by molar-refractivity contribution is 0.329. The molecular formula is C19H23NO2S. The summed E-state index contributed by atoms with van der Waals surface area (Å²) in [5, 5.41) is 0. The van der Waals surface area contributed by atoms with Crippen LogP contribution in [0.15, 0.2) is 59.5 Å². The fraction of sp³-hybridized carbons (Fsp3) is 0.368. The van der Waals surface area contributed by atoms with Crippen molar-refractivity contribution in [2.45, 2.75) is 43.5 Å². The Hall–Kier alpha value is -1.65. The molecule has 1 saturated heterocycles. The highest BCUT2D eigenvalue weighted by atomic mass is 32.2. The van der Waals surface area contributed by atoms with Crippen LogP contribution in [0.3, 0.4) is 0 Å². The summed E-state index contributed by atoms with van der Waals surface area (Å²) in [5.74, 6) is 0. The average molecular weight is 329 g/mol. The second-order valence-electron chi connectivity index (χ2n) is 6.21. The normalized spacial score (nSPS) is 20.1. The summed E-state index contributed by atoms with van der Waals surface area (Å²) in [6, 6.07) is 17.0. The molecule has 0 amide bonds. The maximum absolute atomic E-state index is 13.1. The van der Waals surface area contributed by atoms with E-state index in [1.807, 2.05) is 12.1 Å². The summed E-state index contributed by atoms with van der Waals surface area (Å²) in [4.78, 5) is 0.388. The molecule has 1 aliphatic rings. The Morgan fingerprint density at radius 2 is 1.74 bits per heavy atom. The summed E-state index contributed by atoms with van der Waals surface area (Å²) < 4.78 is 28.0. The molecule has 0 spiro atoms. The van der Waals surface area contributed by atoms with Crippen LogP contribution in [0.2, 0.25) is 0 Å². The van der Waals surface area contributed by atoms with Crippen molar-refractivity contribution in [1.82, 2.24) is 4.31 Å². The molecule has 2 aromatic carbocycles. The predicted molar refractivity (Wildman–Crippen MR) is 92.7 cm³/mol. The molecule has 0 aliphatic carbocycles. The highest BCUT2D eigenvalue weighted by molar-refractivity contribution is 7.89. The number of rotatable bonds is 3. The van der Waals surface area contributed by atoms with Gasteiger partial charge >= 0.3 is 0 Å². The largest absolute Gasteiger partial charge is 0.243 e. The topological polar surface area (TPSA) is 37.4 Å². The lowest BCUT2D eigenvalue weighted by Crippen LogP contribution is -2.34. The monoisotopic (exact) mass is 329 g/mol. The lowest BCUT2D eigenvalue weighted by Gasteiger charge is -2.29. The molecule has 0 saturated carbocycles. The molecule has 0 aromatic heterocycles. The van der Waals surface area contributed by atoms with Crippen LogP contribution in [0.4, 0.5) is 0 Å². The fourth-order valence-corrected chi connectivity index (χ4v) is 5.01. The number of benzene rings is 2. The third-order valence-electron chi connectivity index (χ3n) is 4.48. The van der Waals surface area contributed by atoms with Gasteiger partial charge in [0.05, 0.1) is 10.9 Å². The number of aryl methyl sites for hydroxylation is 1. The van der Waals surface area contributed by atoms with Gasteiger partial charge in [-0.3, -0.25) is 0 Å². The Labute approximate surface area is 139 Å². The Morgan fingerprint density at radius 1 is 0.957 bits per heavy atom. The van der Waals surface area contributed by atoms with Gasteiger partial charge in [0.15, 0.2) is 0 Å². The van der Waals surface area contributed by atoms with E-state index in [1.54, 1.807) is 28.6 Å². The van der Waals surface area contributed by atoms with Crippen LogP contribution < -0.4 is 0 Å². The van der Waals surface area contributed by atoms with E-state index in [4.69, 9.17) is 0 Å². The van der Waals surface area contributed by atoms with Gasteiger partial charge in [-0.25, -0.2) is 8.42 Å². The van der Waals surface area contributed by atoms with Gasteiger partial charge in [0, 0.05) is 6.54 Å². The van der Waals surface area contributed by atoms with Gasteiger partial charge in [-0.15, -0.1) is 0 Å². The molecule has 122 valence electrons. The molecular weight excluding hydrogens is 306 g/mol. The van der Waals surface area contributed by atoms with Crippen molar-refractivity contribution in [2.75, 3.05) is 6.54 Å². The summed E-state index contributed by atoms with van der Waals surface area (Å²) in [5.41, 5.74) is 2.27. The van der Waals surface area contributed by atoms with Crippen molar-refractivity contribution in [3.63, 3.8) is 0 Å². The Kier molecular flexibility index (Phi) is 4.83. The highest BCUT2D eigenvalue weighted by Crippen LogP contribution is 2.34. The molecule has 3 nitrogen and oxygen atoms in total. The van der Waals surface area contributed by atoms with Gasteiger partial charge < -0.3 is 0 Å². The first kappa shape index (κ1) is 16.2. The average Bonchev–Trinajstić information content (AvgIpc) is 2.82. The summed E-state index contributed by atoms with van der Waals surface area (Å²) in [6.07, 6.45) is 3.96. The van der Waals surface area contributed by atoms with E-state index in [-0.39, 0.29) is 6.04 Å². The molecule has 4 heteroatoms. The minimum absolute atomic E-state index is 0.0670. The SMILES string of the molecule is Cc1cccc([C@H]2CCCCCN2S(=O)(=O)c2ccccc2)c1. The quantitative estimate of drug-likeness (QED) is 0.842. The maximum Gasteiger partial charge on any atom is 0.243 e. The molecule has 1 atom stereocenters. The molecule has 0 N–H and O–H groups in total. The minimum atomic E-state index is -3.46. The van der Waals surface area contributed by atoms with Gasteiger partial charge in [0.2, 0.25) is 10.0 Å². The number of sulfonamides is 1. The predicted octanol–water partition coefficient (Wildman–Crippen LogP) is 4.30. The van der Waals surface area contributed by atoms with Crippen molar-refractivity contribution < 1.29 is 8.42 Å². The van der Waals surface area contributed by atoms with E-state index in [2.05, 4.69) is 25.1 Å². The Bertz CT molecular complexity index is 756. The van der Waals surface area contributed by atoms with Crippen LogP contribution in [-0.4, -0.2) is 19.3 Å². The second-order valence-corrected chi connectivity index (χ2v) is 8.10. The lowest BCUT2D eigenvalue weighted by atomic mass is 10.0. The summed E-state index contributed by atoms with van der Waals surface area (Å²) >= 11 is 0. The summed E-state index contributed by atoms with van der Waals surface area (Å²) in [6.45, 7) is 2.64. The van der Waals surface area contributed by atoms with E-state index in [0.717, 1.165) is 31.2 Å². The van der Waals surface area contributed by atoms with Gasteiger partial charge in [-0.1, -0.05) is 60.9 Å². The second kappa shape index (κ2) is 6.85. The Morgan fingerprint density at radius 3 is 2.48 bits per heavy atom. The van der Waals surface area contributed by atoms with Crippen molar-refractivity contribution in [1.29, 1.82) is 0 Å². The Balaban J connectivity index is 2.03. The third-order valence-corrected chi connectivity index (χ3v) is 6.40.